The largest absolute Gasteiger partial charge is 0.480 e. The van der Waals surface area contributed by atoms with Crippen molar-refractivity contribution >= 4 is 23.6 Å². The van der Waals surface area contributed by atoms with E-state index in [0.717, 1.165) is 18.6 Å². The first-order chi connectivity index (χ1) is 7.85. The maximum Gasteiger partial charge on any atom is 0.326 e. The molecule has 0 spiro atoms. The Morgan fingerprint density at radius 1 is 1.47 bits per heavy atom. The summed E-state index contributed by atoms with van der Waals surface area (Å²) in [5.41, 5.74) is 0. The quantitative estimate of drug-likeness (QED) is 0.791. The lowest BCUT2D eigenvalue weighted by Gasteiger charge is -2.25. The van der Waals surface area contributed by atoms with E-state index in [1.165, 1.54) is 0 Å². The zero-order chi connectivity index (χ0) is 13.1. The molecular weight excluding hydrogens is 238 g/mol. The van der Waals surface area contributed by atoms with Crippen molar-refractivity contribution in [2.75, 3.05) is 5.75 Å². The van der Waals surface area contributed by atoms with Crippen molar-refractivity contribution in [3.8, 4) is 0 Å². The van der Waals surface area contributed by atoms with E-state index in [4.69, 9.17) is 5.11 Å². The summed E-state index contributed by atoms with van der Waals surface area (Å²) in [7, 11) is 0. The number of carboxylic acids is 1. The molecule has 2 atom stereocenters. The minimum absolute atomic E-state index is 0.131. The first-order valence-corrected chi connectivity index (χ1v) is 7.01. The Labute approximate surface area is 107 Å². The number of hydrogen-bond acceptors (Lipinski definition) is 3. The van der Waals surface area contributed by atoms with Crippen LogP contribution in [0.15, 0.2) is 0 Å². The van der Waals surface area contributed by atoms with Gasteiger partial charge in [-0.3, -0.25) is 4.79 Å². The van der Waals surface area contributed by atoms with Crippen LogP contribution >= 0.6 is 11.8 Å². The van der Waals surface area contributed by atoms with Crippen LogP contribution < -0.4 is 5.32 Å². The van der Waals surface area contributed by atoms with E-state index in [1.807, 2.05) is 20.8 Å². The zero-order valence-corrected chi connectivity index (χ0v) is 11.5. The maximum absolute atomic E-state index is 12.1. The molecule has 0 saturated carbocycles. The summed E-state index contributed by atoms with van der Waals surface area (Å²) >= 11 is 1.62. The molecule has 0 aliphatic carbocycles. The van der Waals surface area contributed by atoms with E-state index in [9.17, 15) is 9.59 Å². The van der Waals surface area contributed by atoms with Crippen molar-refractivity contribution < 1.29 is 14.7 Å². The highest BCUT2D eigenvalue weighted by Crippen LogP contribution is 2.37. The first kappa shape index (κ1) is 14.4. The Morgan fingerprint density at radius 3 is 2.53 bits per heavy atom. The SMILES string of the molecule is CC(C)C[C@@H](NC(=O)C1(C)CCCS1)C(=O)O. The minimum Gasteiger partial charge on any atom is -0.480 e. The Bertz CT molecular complexity index is 298. The van der Waals surface area contributed by atoms with Crippen LogP contribution in [0.25, 0.3) is 0 Å². The lowest BCUT2D eigenvalue weighted by Crippen LogP contribution is -2.49. The average Bonchev–Trinajstić information content (AvgIpc) is 2.64. The Kier molecular flexibility index (Phi) is 4.86. The third kappa shape index (κ3) is 3.91. The number of carboxylic acid groups (broad SMARTS) is 1. The molecule has 1 amide bonds. The van der Waals surface area contributed by atoms with Gasteiger partial charge in [0.05, 0.1) is 4.75 Å². The maximum atomic E-state index is 12.1. The normalized spacial score (nSPS) is 25.9. The van der Waals surface area contributed by atoms with Crippen LogP contribution in [0.5, 0.6) is 0 Å². The van der Waals surface area contributed by atoms with Crippen molar-refractivity contribution in [1.82, 2.24) is 5.32 Å². The fourth-order valence-electron chi connectivity index (χ4n) is 1.96. The average molecular weight is 259 g/mol. The number of aliphatic carboxylic acids is 1. The minimum atomic E-state index is -0.946. The van der Waals surface area contributed by atoms with E-state index in [2.05, 4.69) is 5.32 Å². The summed E-state index contributed by atoms with van der Waals surface area (Å²) in [4.78, 5) is 23.1. The predicted octanol–water partition coefficient (Wildman–Crippen LogP) is 1.89. The van der Waals surface area contributed by atoms with Gasteiger partial charge in [0.25, 0.3) is 0 Å². The number of thioether (sulfide) groups is 1. The standard InChI is InChI=1S/C12H21NO3S/c1-8(2)7-9(10(14)15)13-11(16)12(3)5-4-6-17-12/h8-9H,4-7H2,1-3H3,(H,13,16)(H,14,15)/t9-,12?/m1/s1. The summed E-state index contributed by atoms with van der Waals surface area (Å²) in [5.74, 6) is 0.151. The van der Waals surface area contributed by atoms with E-state index >= 15 is 0 Å². The van der Waals surface area contributed by atoms with E-state index in [0.29, 0.717) is 6.42 Å². The van der Waals surface area contributed by atoms with Crippen LogP contribution in [0.4, 0.5) is 0 Å². The van der Waals surface area contributed by atoms with Crippen molar-refractivity contribution in [2.24, 2.45) is 5.92 Å². The summed E-state index contributed by atoms with van der Waals surface area (Å²) in [5, 5.41) is 11.7. The molecule has 0 bridgehead atoms. The van der Waals surface area contributed by atoms with Crippen molar-refractivity contribution in [1.29, 1.82) is 0 Å². The molecule has 1 unspecified atom stereocenters. The number of carbonyl (C=O) groups is 2. The smallest absolute Gasteiger partial charge is 0.326 e. The molecule has 98 valence electrons. The Balaban J connectivity index is 2.60. The summed E-state index contributed by atoms with van der Waals surface area (Å²) in [6, 6.07) is -0.763. The third-order valence-corrected chi connectivity index (χ3v) is 4.53. The molecule has 0 aromatic carbocycles. The van der Waals surface area contributed by atoms with Gasteiger partial charge in [-0.25, -0.2) is 4.79 Å². The van der Waals surface area contributed by atoms with Gasteiger partial charge in [-0.2, -0.15) is 0 Å². The van der Waals surface area contributed by atoms with Gasteiger partial charge >= 0.3 is 5.97 Å². The van der Waals surface area contributed by atoms with Gasteiger partial charge in [0.1, 0.15) is 6.04 Å². The van der Waals surface area contributed by atoms with Gasteiger partial charge in [-0.1, -0.05) is 13.8 Å². The first-order valence-electron chi connectivity index (χ1n) is 6.03. The highest BCUT2D eigenvalue weighted by molar-refractivity contribution is 8.01. The molecule has 1 heterocycles. The number of rotatable bonds is 5. The van der Waals surface area contributed by atoms with Gasteiger partial charge < -0.3 is 10.4 Å². The van der Waals surface area contributed by atoms with Gasteiger partial charge in [0.15, 0.2) is 0 Å². The number of carbonyl (C=O) groups excluding carboxylic acids is 1. The molecule has 0 aromatic heterocycles. The third-order valence-electron chi connectivity index (χ3n) is 3.01. The fraction of sp³-hybridized carbons (Fsp3) is 0.833. The fourth-order valence-corrected chi connectivity index (χ4v) is 3.18. The van der Waals surface area contributed by atoms with Crippen LogP contribution in [-0.4, -0.2) is 33.5 Å². The Hall–Kier alpha value is -0.710. The van der Waals surface area contributed by atoms with Crippen LogP contribution in [0.2, 0.25) is 0 Å². The molecule has 17 heavy (non-hydrogen) atoms. The van der Waals surface area contributed by atoms with Crippen LogP contribution in [0, 0.1) is 5.92 Å². The molecule has 1 aliphatic rings. The monoisotopic (exact) mass is 259 g/mol. The molecule has 1 fully saturated rings. The molecule has 0 radical (unpaired) electrons. The molecule has 2 N–H and O–H groups in total. The number of hydrogen-bond donors (Lipinski definition) is 2. The summed E-state index contributed by atoms with van der Waals surface area (Å²) < 4.78 is -0.440. The molecular formula is C12H21NO3S. The highest BCUT2D eigenvalue weighted by Gasteiger charge is 2.38. The topological polar surface area (TPSA) is 66.4 Å². The van der Waals surface area contributed by atoms with E-state index in [-0.39, 0.29) is 11.8 Å². The van der Waals surface area contributed by atoms with Gasteiger partial charge in [-0.05, 0) is 37.9 Å². The predicted molar refractivity (Wildman–Crippen MR) is 69.1 cm³/mol. The second-order valence-corrected chi connectivity index (χ2v) is 6.77. The highest BCUT2D eigenvalue weighted by atomic mass is 32.2. The summed E-state index contributed by atoms with van der Waals surface area (Å²) in [6.45, 7) is 5.80. The zero-order valence-electron chi connectivity index (χ0n) is 10.7. The van der Waals surface area contributed by atoms with Crippen LogP contribution in [0.1, 0.15) is 40.0 Å². The molecule has 5 heteroatoms. The van der Waals surface area contributed by atoms with Crippen molar-refractivity contribution in [3.63, 3.8) is 0 Å². The van der Waals surface area contributed by atoms with Gasteiger partial charge in [-0.15, -0.1) is 11.8 Å². The van der Waals surface area contributed by atoms with Crippen LogP contribution in [-0.2, 0) is 9.59 Å². The molecule has 1 saturated heterocycles. The lowest BCUT2D eigenvalue weighted by molar-refractivity contribution is -0.142. The van der Waals surface area contributed by atoms with Crippen molar-refractivity contribution in [3.05, 3.63) is 0 Å². The van der Waals surface area contributed by atoms with Crippen molar-refractivity contribution in [2.45, 2.75) is 50.8 Å². The lowest BCUT2D eigenvalue weighted by atomic mass is 10.0. The Morgan fingerprint density at radius 2 is 2.12 bits per heavy atom. The summed E-state index contributed by atoms with van der Waals surface area (Å²) in [6.07, 6.45) is 2.33. The number of amides is 1. The molecule has 1 rings (SSSR count). The van der Waals surface area contributed by atoms with Crippen LogP contribution in [0.3, 0.4) is 0 Å². The second-order valence-electron chi connectivity index (χ2n) is 5.18. The second kappa shape index (κ2) is 5.76. The molecule has 4 nitrogen and oxygen atoms in total. The molecule has 0 aromatic rings. The molecule has 1 aliphatic heterocycles. The van der Waals surface area contributed by atoms with Gasteiger partial charge in [0, 0.05) is 0 Å². The van der Waals surface area contributed by atoms with E-state index < -0.39 is 16.8 Å². The van der Waals surface area contributed by atoms with Gasteiger partial charge in [0.2, 0.25) is 5.91 Å². The van der Waals surface area contributed by atoms with E-state index in [1.54, 1.807) is 11.8 Å². The number of nitrogens with one attached hydrogen (secondary N) is 1.